The molecule has 0 fully saturated rings. The summed E-state index contributed by atoms with van der Waals surface area (Å²) in [5.74, 6) is 0.344. The average Bonchev–Trinajstić information content (AvgIpc) is 2.64. The highest BCUT2D eigenvalue weighted by Crippen LogP contribution is 2.27. The fraction of sp³-hybridized carbons (Fsp3) is 0.350. The fourth-order valence-corrected chi connectivity index (χ4v) is 3.65. The Kier molecular flexibility index (Phi) is 6.85. The summed E-state index contributed by atoms with van der Waals surface area (Å²) in [6.45, 7) is 8.75. The van der Waals surface area contributed by atoms with Gasteiger partial charge < -0.3 is 9.64 Å². The van der Waals surface area contributed by atoms with Gasteiger partial charge in [0.05, 0.1) is 16.7 Å². The zero-order valence-electron chi connectivity index (χ0n) is 16.1. The predicted octanol–water partition coefficient (Wildman–Crippen LogP) is 3.76. The summed E-state index contributed by atoms with van der Waals surface area (Å²) < 4.78 is 33.6. The van der Waals surface area contributed by atoms with Crippen molar-refractivity contribution >= 4 is 21.6 Å². The van der Waals surface area contributed by atoms with Crippen molar-refractivity contribution in [3.05, 3.63) is 54.1 Å². The largest absolute Gasteiger partial charge is 0.489 e. The molecule has 2 rings (SSSR count). The zero-order chi connectivity index (χ0) is 20.0. The molecule has 0 aliphatic heterocycles. The third-order valence-corrected chi connectivity index (χ3v) is 5.34. The number of carbonyl (C=O) groups is 1. The second-order valence-electron chi connectivity index (χ2n) is 6.27. The van der Waals surface area contributed by atoms with Gasteiger partial charge in [0.1, 0.15) is 5.75 Å². The number of hydrogen-bond donors (Lipinski definition) is 1. The molecular formula is C20H26N2O4S. The van der Waals surface area contributed by atoms with E-state index in [4.69, 9.17) is 4.74 Å². The second kappa shape index (κ2) is 8.90. The smallest absolute Gasteiger partial charge is 0.262 e. The first-order chi connectivity index (χ1) is 12.8. The SMILES string of the molecule is CCN(CC)C(=O)c1ccc(S(=O)(=O)Nc2ccccc2OC(C)C)cc1. The highest BCUT2D eigenvalue weighted by molar-refractivity contribution is 7.92. The second-order valence-corrected chi connectivity index (χ2v) is 7.95. The van der Waals surface area contributed by atoms with E-state index in [0.29, 0.717) is 30.1 Å². The lowest BCUT2D eigenvalue weighted by molar-refractivity contribution is 0.0773. The van der Waals surface area contributed by atoms with Gasteiger partial charge in [-0.25, -0.2) is 8.42 Å². The number of benzene rings is 2. The van der Waals surface area contributed by atoms with Gasteiger partial charge in [0, 0.05) is 18.7 Å². The standard InChI is InChI=1S/C20H26N2O4S/c1-5-22(6-2)20(23)16-11-13-17(14-12-16)27(24,25)21-18-9-7-8-10-19(18)26-15(3)4/h7-15,21H,5-6H2,1-4H3. The lowest BCUT2D eigenvalue weighted by Gasteiger charge is -2.19. The molecule has 0 saturated carbocycles. The molecule has 0 spiro atoms. The topological polar surface area (TPSA) is 75.7 Å². The summed E-state index contributed by atoms with van der Waals surface area (Å²) in [5, 5.41) is 0. The van der Waals surface area contributed by atoms with Gasteiger partial charge in [-0.1, -0.05) is 12.1 Å². The van der Waals surface area contributed by atoms with Gasteiger partial charge in [-0.15, -0.1) is 0 Å². The Labute approximate surface area is 161 Å². The van der Waals surface area contributed by atoms with Crippen molar-refractivity contribution in [2.45, 2.75) is 38.7 Å². The Balaban J connectivity index is 2.24. The highest BCUT2D eigenvalue weighted by Gasteiger charge is 2.18. The van der Waals surface area contributed by atoms with Gasteiger partial charge in [0.2, 0.25) is 0 Å². The lowest BCUT2D eigenvalue weighted by atomic mass is 10.2. The van der Waals surface area contributed by atoms with E-state index in [2.05, 4.69) is 4.72 Å². The first-order valence-electron chi connectivity index (χ1n) is 8.96. The van der Waals surface area contributed by atoms with Crippen LogP contribution < -0.4 is 9.46 Å². The summed E-state index contributed by atoms with van der Waals surface area (Å²) in [6, 6.07) is 12.8. The van der Waals surface area contributed by atoms with Gasteiger partial charge in [0.15, 0.2) is 0 Å². The predicted molar refractivity (Wildman–Crippen MR) is 107 cm³/mol. The Morgan fingerprint density at radius 3 is 2.19 bits per heavy atom. The van der Waals surface area contributed by atoms with Crippen LogP contribution in [0.25, 0.3) is 0 Å². The Hall–Kier alpha value is -2.54. The van der Waals surface area contributed by atoms with Crippen molar-refractivity contribution in [3.63, 3.8) is 0 Å². The van der Waals surface area contributed by atoms with Crippen molar-refractivity contribution in [1.82, 2.24) is 4.90 Å². The fourth-order valence-electron chi connectivity index (χ4n) is 2.58. The molecule has 0 heterocycles. The van der Waals surface area contributed by atoms with E-state index in [0.717, 1.165) is 0 Å². The number of amides is 1. The van der Waals surface area contributed by atoms with E-state index in [1.807, 2.05) is 27.7 Å². The van der Waals surface area contributed by atoms with Crippen LogP contribution in [0.5, 0.6) is 5.75 Å². The van der Waals surface area contributed by atoms with Gasteiger partial charge in [-0.3, -0.25) is 9.52 Å². The van der Waals surface area contributed by atoms with E-state index in [1.165, 1.54) is 24.3 Å². The minimum atomic E-state index is -3.80. The van der Waals surface area contributed by atoms with Gasteiger partial charge in [0.25, 0.3) is 15.9 Å². The molecule has 7 heteroatoms. The van der Waals surface area contributed by atoms with Crippen LogP contribution in [0.2, 0.25) is 0 Å². The van der Waals surface area contributed by atoms with Crippen LogP contribution in [-0.2, 0) is 10.0 Å². The molecule has 0 unspecified atom stereocenters. The molecule has 2 aromatic rings. The van der Waals surface area contributed by atoms with E-state index in [-0.39, 0.29) is 16.9 Å². The first-order valence-corrected chi connectivity index (χ1v) is 10.4. The maximum atomic E-state index is 12.7. The molecular weight excluding hydrogens is 364 g/mol. The van der Waals surface area contributed by atoms with E-state index >= 15 is 0 Å². The number of rotatable bonds is 8. The van der Waals surface area contributed by atoms with Gasteiger partial charge >= 0.3 is 0 Å². The van der Waals surface area contributed by atoms with Crippen LogP contribution >= 0.6 is 0 Å². The Bertz CT molecular complexity index is 873. The number of nitrogens with one attached hydrogen (secondary N) is 1. The number of carbonyl (C=O) groups excluding carboxylic acids is 1. The van der Waals surface area contributed by atoms with Crippen molar-refractivity contribution in [3.8, 4) is 5.75 Å². The normalized spacial score (nSPS) is 11.3. The number of nitrogens with zero attached hydrogens (tertiary/aromatic N) is 1. The van der Waals surface area contributed by atoms with Crippen LogP contribution in [0.4, 0.5) is 5.69 Å². The molecule has 27 heavy (non-hydrogen) atoms. The minimum Gasteiger partial charge on any atom is -0.489 e. The third kappa shape index (κ3) is 5.23. The lowest BCUT2D eigenvalue weighted by Crippen LogP contribution is -2.30. The van der Waals surface area contributed by atoms with Gasteiger partial charge in [-0.05, 0) is 64.1 Å². The average molecular weight is 391 g/mol. The summed E-state index contributed by atoms with van der Waals surface area (Å²) in [5.41, 5.74) is 0.829. The maximum Gasteiger partial charge on any atom is 0.262 e. The number of para-hydroxylation sites is 2. The molecule has 1 N–H and O–H groups in total. The maximum absolute atomic E-state index is 12.7. The van der Waals surface area contributed by atoms with E-state index < -0.39 is 10.0 Å². The summed E-state index contributed by atoms with van der Waals surface area (Å²) in [6.07, 6.45) is -0.0824. The van der Waals surface area contributed by atoms with Crippen LogP contribution in [0.3, 0.4) is 0 Å². The number of ether oxygens (including phenoxy) is 1. The molecule has 0 atom stereocenters. The van der Waals surface area contributed by atoms with E-state index in [1.54, 1.807) is 29.2 Å². The van der Waals surface area contributed by atoms with Crippen LogP contribution in [0, 0.1) is 0 Å². The summed E-state index contributed by atoms with van der Waals surface area (Å²) in [7, 11) is -3.80. The Morgan fingerprint density at radius 2 is 1.63 bits per heavy atom. The molecule has 0 aliphatic carbocycles. The molecule has 0 aromatic heterocycles. The third-order valence-electron chi connectivity index (χ3n) is 3.96. The van der Waals surface area contributed by atoms with Crippen molar-refractivity contribution in [2.75, 3.05) is 17.8 Å². The minimum absolute atomic E-state index is 0.0814. The summed E-state index contributed by atoms with van der Waals surface area (Å²) >= 11 is 0. The van der Waals surface area contributed by atoms with Crippen LogP contribution in [0.15, 0.2) is 53.4 Å². The highest BCUT2D eigenvalue weighted by atomic mass is 32.2. The van der Waals surface area contributed by atoms with E-state index in [9.17, 15) is 13.2 Å². The quantitative estimate of drug-likeness (QED) is 0.745. The number of sulfonamides is 1. The van der Waals surface area contributed by atoms with Crippen molar-refractivity contribution < 1.29 is 17.9 Å². The molecule has 1 amide bonds. The molecule has 0 radical (unpaired) electrons. The molecule has 2 aromatic carbocycles. The molecule has 0 aliphatic rings. The van der Waals surface area contributed by atoms with Crippen LogP contribution in [-0.4, -0.2) is 38.4 Å². The van der Waals surface area contributed by atoms with Crippen LogP contribution in [0.1, 0.15) is 38.1 Å². The first kappa shape index (κ1) is 20.8. The molecule has 0 saturated heterocycles. The zero-order valence-corrected chi connectivity index (χ0v) is 16.9. The Morgan fingerprint density at radius 1 is 1.04 bits per heavy atom. The molecule has 0 bridgehead atoms. The van der Waals surface area contributed by atoms with Gasteiger partial charge in [-0.2, -0.15) is 0 Å². The molecule has 146 valence electrons. The number of anilines is 1. The monoisotopic (exact) mass is 390 g/mol. The summed E-state index contributed by atoms with van der Waals surface area (Å²) in [4.78, 5) is 14.1. The van der Waals surface area contributed by atoms with Crippen molar-refractivity contribution in [2.24, 2.45) is 0 Å². The molecule has 6 nitrogen and oxygen atoms in total. The number of hydrogen-bond acceptors (Lipinski definition) is 4. The van der Waals surface area contributed by atoms with Crippen molar-refractivity contribution in [1.29, 1.82) is 0 Å².